The second-order valence-corrected chi connectivity index (χ2v) is 12.4. The van der Waals surface area contributed by atoms with E-state index in [0.717, 1.165) is 29.4 Å². The van der Waals surface area contributed by atoms with Gasteiger partial charge in [-0.3, -0.25) is 9.59 Å². The molecule has 2 N–H and O–H groups in total. The lowest BCUT2D eigenvalue weighted by atomic mass is 9.86. The SMILES string of the molecule is CC[C@@]1(O)C(=O)OCc2c1cc1n(c2=O)Cc2c-1nc1cc3c(cc1c2CNC(=O)[C@H](OC(C)(C)C)C1CC1)OCO3. The summed E-state index contributed by atoms with van der Waals surface area (Å²) in [4.78, 5) is 44.7. The lowest BCUT2D eigenvalue weighted by Gasteiger charge is -2.31. The molecular weight excluding hydrogens is 542 g/mol. The molecule has 2 atom stereocenters. The van der Waals surface area contributed by atoms with Crippen LogP contribution in [-0.4, -0.2) is 45.0 Å². The number of amides is 1. The van der Waals surface area contributed by atoms with Crippen molar-refractivity contribution in [3.8, 4) is 22.9 Å². The Hall–Kier alpha value is -3.96. The number of carbonyl (C=O) groups is 2. The molecule has 11 nitrogen and oxygen atoms in total. The number of aromatic nitrogens is 2. The van der Waals surface area contributed by atoms with Crippen LogP contribution in [0.25, 0.3) is 22.3 Å². The topological polar surface area (TPSA) is 138 Å². The van der Waals surface area contributed by atoms with Gasteiger partial charge in [-0.2, -0.15) is 0 Å². The summed E-state index contributed by atoms with van der Waals surface area (Å²) in [5.74, 6) is 0.371. The highest BCUT2D eigenvalue weighted by molar-refractivity contribution is 5.92. The standard InChI is InChI=1S/C31H33N3O8/c1-5-31(38)20-9-22-25-18(12-34(22)28(36)19(20)13-39-29(31)37)17(16-8-23-24(41-14-40-23)10-21(16)33-25)11-32-27(35)26(15-6-7-15)42-30(2,3)4/h8-10,15,26,38H,5-7,11-14H2,1-4H3,(H,32,35)/t26-,31+/m1/s1. The van der Waals surface area contributed by atoms with Crippen molar-refractivity contribution in [1.82, 2.24) is 14.9 Å². The van der Waals surface area contributed by atoms with E-state index in [1.165, 1.54) is 0 Å². The second kappa shape index (κ2) is 9.27. The number of aliphatic hydroxyl groups is 1. The number of benzene rings is 1. The van der Waals surface area contributed by atoms with Crippen molar-refractivity contribution in [2.24, 2.45) is 5.92 Å². The van der Waals surface area contributed by atoms with E-state index in [0.29, 0.717) is 28.4 Å². The number of cyclic esters (lactones) is 1. The predicted octanol–water partition coefficient (Wildman–Crippen LogP) is 3.02. The minimum Gasteiger partial charge on any atom is -0.458 e. The van der Waals surface area contributed by atoms with E-state index in [1.807, 2.05) is 26.8 Å². The summed E-state index contributed by atoms with van der Waals surface area (Å²) >= 11 is 0. The van der Waals surface area contributed by atoms with Crippen LogP contribution >= 0.6 is 0 Å². The molecule has 0 spiro atoms. The summed E-state index contributed by atoms with van der Waals surface area (Å²) in [6.07, 6.45) is 1.40. The largest absolute Gasteiger partial charge is 0.458 e. The van der Waals surface area contributed by atoms with E-state index in [-0.39, 0.29) is 61.4 Å². The minimum atomic E-state index is -1.92. The van der Waals surface area contributed by atoms with Gasteiger partial charge < -0.3 is 33.9 Å². The van der Waals surface area contributed by atoms with Crippen LogP contribution in [0.5, 0.6) is 11.5 Å². The van der Waals surface area contributed by atoms with E-state index in [9.17, 15) is 19.5 Å². The van der Waals surface area contributed by atoms with E-state index in [2.05, 4.69) is 5.32 Å². The van der Waals surface area contributed by atoms with Crippen molar-refractivity contribution in [3.63, 3.8) is 0 Å². The Balaban J connectivity index is 1.35. The molecular formula is C31H33N3O8. The summed E-state index contributed by atoms with van der Waals surface area (Å²) in [6, 6.07) is 5.33. The average Bonchev–Trinajstić information content (AvgIpc) is 3.58. The number of nitrogens with one attached hydrogen (secondary N) is 1. The Bertz CT molecular complexity index is 1740. The van der Waals surface area contributed by atoms with Crippen LogP contribution in [-0.2, 0) is 44.4 Å². The Morgan fingerprint density at radius 3 is 2.60 bits per heavy atom. The van der Waals surface area contributed by atoms with Crippen molar-refractivity contribution in [2.45, 2.75) is 84.0 Å². The van der Waals surface area contributed by atoms with Gasteiger partial charge >= 0.3 is 5.97 Å². The number of pyridine rings is 2. The molecule has 4 aliphatic rings. The minimum absolute atomic E-state index is 0.0548. The van der Waals surface area contributed by atoms with Gasteiger partial charge in [0.1, 0.15) is 12.7 Å². The molecule has 1 fully saturated rings. The third-order valence-corrected chi connectivity index (χ3v) is 8.53. The molecule has 0 saturated heterocycles. The molecule has 1 saturated carbocycles. The van der Waals surface area contributed by atoms with Crippen LogP contribution < -0.4 is 20.3 Å². The molecule has 220 valence electrons. The van der Waals surface area contributed by atoms with E-state index < -0.39 is 23.3 Å². The molecule has 1 aromatic carbocycles. The van der Waals surface area contributed by atoms with E-state index in [4.69, 9.17) is 23.9 Å². The predicted molar refractivity (Wildman–Crippen MR) is 150 cm³/mol. The smallest absolute Gasteiger partial charge is 0.343 e. The van der Waals surface area contributed by atoms with Crippen LogP contribution in [0.15, 0.2) is 23.0 Å². The van der Waals surface area contributed by atoms with Crippen LogP contribution in [0.1, 0.15) is 69.2 Å². The molecule has 2 aromatic heterocycles. The first-order valence-corrected chi connectivity index (χ1v) is 14.4. The zero-order chi connectivity index (χ0) is 29.6. The lowest BCUT2D eigenvalue weighted by molar-refractivity contribution is -0.172. The summed E-state index contributed by atoms with van der Waals surface area (Å²) in [6.45, 7) is 7.77. The Morgan fingerprint density at radius 1 is 1.17 bits per heavy atom. The van der Waals surface area contributed by atoms with Crippen LogP contribution in [0.3, 0.4) is 0 Å². The summed E-state index contributed by atoms with van der Waals surface area (Å²) < 4.78 is 24.2. The molecule has 7 rings (SSSR count). The van der Waals surface area contributed by atoms with Gasteiger partial charge in [0.25, 0.3) is 5.56 Å². The number of hydrogen-bond acceptors (Lipinski definition) is 9. The number of nitrogens with zero attached hydrogens (tertiary/aromatic N) is 2. The number of carbonyl (C=O) groups excluding carboxylic acids is 2. The van der Waals surface area contributed by atoms with E-state index in [1.54, 1.807) is 23.6 Å². The van der Waals surface area contributed by atoms with Gasteiger partial charge in [0, 0.05) is 29.1 Å². The first-order chi connectivity index (χ1) is 20.0. The normalized spacial score (nSPS) is 21.0. The molecule has 0 unspecified atom stereocenters. The maximum Gasteiger partial charge on any atom is 0.343 e. The van der Waals surface area contributed by atoms with Gasteiger partial charge in [0.15, 0.2) is 17.1 Å². The van der Waals surface area contributed by atoms with Crippen molar-refractivity contribution in [2.75, 3.05) is 6.79 Å². The first kappa shape index (κ1) is 26.9. The lowest BCUT2D eigenvalue weighted by Crippen LogP contribution is -2.44. The maximum atomic E-state index is 13.7. The molecule has 1 amide bonds. The fraction of sp³-hybridized carbons (Fsp3) is 0.484. The van der Waals surface area contributed by atoms with Crippen molar-refractivity contribution in [1.29, 1.82) is 0 Å². The zero-order valence-corrected chi connectivity index (χ0v) is 24.0. The molecule has 42 heavy (non-hydrogen) atoms. The van der Waals surface area contributed by atoms with Crippen molar-refractivity contribution < 1.29 is 33.6 Å². The van der Waals surface area contributed by atoms with Crippen LogP contribution in [0.2, 0.25) is 0 Å². The van der Waals surface area contributed by atoms with Gasteiger partial charge in [-0.1, -0.05) is 6.92 Å². The van der Waals surface area contributed by atoms with Crippen LogP contribution in [0.4, 0.5) is 0 Å². The Kier molecular flexibility index (Phi) is 5.94. The average molecular weight is 576 g/mol. The summed E-state index contributed by atoms with van der Waals surface area (Å²) in [7, 11) is 0. The van der Waals surface area contributed by atoms with Gasteiger partial charge in [-0.25, -0.2) is 9.78 Å². The van der Waals surface area contributed by atoms with Gasteiger partial charge in [0.2, 0.25) is 12.7 Å². The number of esters is 1. The Morgan fingerprint density at radius 2 is 1.90 bits per heavy atom. The highest BCUT2D eigenvalue weighted by Gasteiger charge is 2.46. The molecule has 1 aliphatic carbocycles. The third kappa shape index (κ3) is 4.17. The molecule has 0 radical (unpaired) electrons. The molecule has 11 heteroatoms. The third-order valence-electron chi connectivity index (χ3n) is 8.53. The quantitative estimate of drug-likeness (QED) is 0.332. The van der Waals surface area contributed by atoms with Crippen molar-refractivity contribution in [3.05, 3.63) is 50.8 Å². The van der Waals surface area contributed by atoms with Gasteiger partial charge in [0.05, 0.1) is 34.6 Å². The number of rotatable bonds is 6. The molecule has 3 aliphatic heterocycles. The highest BCUT2D eigenvalue weighted by atomic mass is 16.7. The number of fused-ring (bicyclic) bond motifs is 6. The van der Waals surface area contributed by atoms with Crippen LogP contribution in [0, 0.1) is 5.92 Å². The molecule has 5 heterocycles. The second-order valence-electron chi connectivity index (χ2n) is 12.4. The molecule has 0 bridgehead atoms. The highest BCUT2D eigenvalue weighted by Crippen LogP contribution is 2.43. The van der Waals surface area contributed by atoms with E-state index >= 15 is 0 Å². The molecule has 3 aromatic rings. The Labute approximate surface area is 241 Å². The fourth-order valence-corrected chi connectivity index (χ4v) is 6.17. The van der Waals surface area contributed by atoms with Crippen molar-refractivity contribution >= 4 is 22.8 Å². The summed E-state index contributed by atoms with van der Waals surface area (Å²) in [5.41, 5.74) is 0.981. The number of hydrogen-bond donors (Lipinski definition) is 2. The van der Waals surface area contributed by atoms with Gasteiger partial charge in [-0.15, -0.1) is 0 Å². The zero-order valence-electron chi connectivity index (χ0n) is 24.0. The first-order valence-electron chi connectivity index (χ1n) is 14.4. The maximum absolute atomic E-state index is 13.7. The number of ether oxygens (including phenoxy) is 4. The monoisotopic (exact) mass is 575 g/mol. The fourth-order valence-electron chi connectivity index (χ4n) is 6.17. The van der Waals surface area contributed by atoms with Gasteiger partial charge in [-0.05, 0) is 63.6 Å². The summed E-state index contributed by atoms with van der Waals surface area (Å²) in [5, 5.41) is 15.1.